The molecule has 3 N–H and O–H groups in total. The van der Waals surface area contributed by atoms with Gasteiger partial charge in [-0.1, -0.05) is 11.6 Å². The number of likely N-dealkylation sites (N-methyl/N-ethyl adjacent to an activating group) is 1. The van der Waals surface area contributed by atoms with Crippen LogP contribution in [0, 0.1) is 5.82 Å². The van der Waals surface area contributed by atoms with Crippen molar-refractivity contribution in [2.24, 2.45) is 0 Å². The zero-order valence-corrected chi connectivity index (χ0v) is 14.6. The molecule has 0 aliphatic carbocycles. The van der Waals surface area contributed by atoms with Crippen LogP contribution >= 0.6 is 11.6 Å². The second-order valence-electron chi connectivity index (χ2n) is 6.06. The Bertz CT molecular complexity index is 783. The van der Waals surface area contributed by atoms with Gasteiger partial charge in [0.1, 0.15) is 23.0 Å². The maximum absolute atomic E-state index is 13.0. The highest BCUT2D eigenvalue weighted by Gasteiger charge is 2.27. The minimum Gasteiger partial charge on any atom is -0.382 e. The van der Waals surface area contributed by atoms with E-state index in [0.29, 0.717) is 17.0 Å². The van der Waals surface area contributed by atoms with Gasteiger partial charge in [-0.3, -0.25) is 9.69 Å². The lowest BCUT2D eigenvalue weighted by molar-refractivity contribution is -0.125. The third kappa shape index (κ3) is 3.88. The number of anilines is 1. The number of hydrogen-bond acceptors (Lipinski definition) is 5. The summed E-state index contributed by atoms with van der Waals surface area (Å²) in [7, 11) is 1.93. The maximum Gasteiger partial charge on any atom is 0.237 e. The second kappa shape index (κ2) is 7.33. The summed E-state index contributed by atoms with van der Waals surface area (Å²) in [4.78, 5) is 22.8. The molecule has 1 aliphatic rings. The Labute approximate surface area is 150 Å². The summed E-state index contributed by atoms with van der Waals surface area (Å²) in [5, 5.41) is 2.99. The fraction of sp³-hybridized carbons (Fsp3) is 0.353. The summed E-state index contributed by atoms with van der Waals surface area (Å²) in [5.74, 6) is -0.222. The molecule has 132 valence electrons. The molecule has 25 heavy (non-hydrogen) atoms. The molecule has 0 saturated carbocycles. The van der Waals surface area contributed by atoms with Crippen molar-refractivity contribution in [3.63, 3.8) is 0 Å². The molecule has 1 atom stereocenters. The molecule has 1 saturated heterocycles. The van der Waals surface area contributed by atoms with Crippen LogP contribution in [0.5, 0.6) is 0 Å². The molecule has 1 amide bonds. The van der Waals surface area contributed by atoms with Crippen molar-refractivity contribution in [3.05, 3.63) is 40.9 Å². The van der Waals surface area contributed by atoms with Gasteiger partial charge in [0.05, 0.1) is 12.6 Å². The summed E-state index contributed by atoms with van der Waals surface area (Å²) < 4.78 is 13.0. The molecule has 3 rings (SSSR count). The molecule has 1 aliphatic heterocycles. The third-order valence-electron chi connectivity index (χ3n) is 4.33. The number of nitrogens with two attached hydrogens (primary N) is 1. The van der Waals surface area contributed by atoms with Crippen LogP contribution in [-0.2, 0) is 11.3 Å². The van der Waals surface area contributed by atoms with Gasteiger partial charge in [-0.2, -0.15) is 0 Å². The minimum atomic E-state index is -0.350. The van der Waals surface area contributed by atoms with Gasteiger partial charge >= 0.3 is 0 Å². The third-order valence-corrected chi connectivity index (χ3v) is 4.59. The summed E-state index contributed by atoms with van der Waals surface area (Å²) in [5.41, 5.74) is 7.36. The van der Waals surface area contributed by atoms with Gasteiger partial charge in [0, 0.05) is 5.56 Å². The van der Waals surface area contributed by atoms with Crippen LogP contribution in [-0.4, -0.2) is 40.4 Å². The predicted molar refractivity (Wildman–Crippen MR) is 94.3 cm³/mol. The summed E-state index contributed by atoms with van der Waals surface area (Å²) in [6, 6.07) is 5.62. The highest BCUT2D eigenvalue weighted by Crippen LogP contribution is 2.26. The van der Waals surface area contributed by atoms with E-state index in [2.05, 4.69) is 15.3 Å². The Balaban J connectivity index is 1.74. The Morgan fingerprint density at radius 1 is 1.40 bits per heavy atom. The first kappa shape index (κ1) is 17.6. The highest BCUT2D eigenvalue weighted by molar-refractivity contribution is 6.31. The topological polar surface area (TPSA) is 84.1 Å². The zero-order valence-electron chi connectivity index (χ0n) is 13.8. The lowest BCUT2D eigenvalue weighted by Gasteiger charge is -2.18. The van der Waals surface area contributed by atoms with Crippen molar-refractivity contribution in [1.82, 2.24) is 20.2 Å². The average molecular weight is 364 g/mol. The van der Waals surface area contributed by atoms with Gasteiger partial charge in [-0.05, 0) is 50.7 Å². The van der Waals surface area contributed by atoms with Crippen molar-refractivity contribution in [3.8, 4) is 11.3 Å². The zero-order chi connectivity index (χ0) is 18.0. The van der Waals surface area contributed by atoms with Crippen LogP contribution in [0.25, 0.3) is 11.3 Å². The van der Waals surface area contributed by atoms with Crippen molar-refractivity contribution >= 4 is 23.3 Å². The number of nitrogens with one attached hydrogen (secondary N) is 1. The number of likely N-dealkylation sites (tertiary alicyclic amines) is 1. The molecule has 0 radical (unpaired) electrons. The van der Waals surface area contributed by atoms with E-state index in [1.165, 1.54) is 12.1 Å². The van der Waals surface area contributed by atoms with E-state index in [-0.39, 0.29) is 35.3 Å². The van der Waals surface area contributed by atoms with Gasteiger partial charge in [0.2, 0.25) is 5.91 Å². The predicted octanol–water partition coefficient (Wildman–Crippen LogP) is 2.23. The van der Waals surface area contributed by atoms with Crippen LogP contribution in [0.15, 0.2) is 24.3 Å². The molecule has 0 bridgehead atoms. The number of carbonyl (C=O) groups excluding carboxylic acids is 1. The number of hydrogen-bond donors (Lipinski definition) is 2. The van der Waals surface area contributed by atoms with Crippen LogP contribution in [0.1, 0.15) is 18.5 Å². The normalized spacial score (nSPS) is 17.6. The largest absolute Gasteiger partial charge is 0.382 e. The SMILES string of the molecule is CN1CCC[C@H]1C(=O)NCc1nc(Cl)c(-c2ccc(F)cc2)nc1N. The van der Waals surface area contributed by atoms with Gasteiger partial charge in [-0.25, -0.2) is 14.4 Å². The highest BCUT2D eigenvalue weighted by atomic mass is 35.5. The fourth-order valence-corrected chi connectivity index (χ4v) is 3.16. The number of nitrogens with zero attached hydrogens (tertiary/aromatic N) is 3. The number of carbonyl (C=O) groups is 1. The first-order valence-electron chi connectivity index (χ1n) is 8.01. The summed E-state index contributed by atoms with van der Waals surface area (Å²) >= 11 is 6.20. The van der Waals surface area contributed by atoms with Crippen molar-refractivity contribution in [1.29, 1.82) is 0 Å². The van der Waals surface area contributed by atoms with E-state index in [4.69, 9.17) is 17.3 Å². The molecular formula is C17H19ClFN5O. The molecule has 1 aromatic heterocycles. The number of nitrogen functional groups attached to an aromatic ring is 1. The van der Waals surface area contributed by atoms with Gasteiger partial charge in [0.15, 0.2) is 5.15 Å². The smallest absolute Gasteiger partial charge is 0.237 e. The van der Waals surface area contributed by atoms with E-state index < -0.39 is 0 Å². The van der Waals surface area contributed by atoms with E-state index in [1.807, 2.05) is 11.9 Å². The van der Waals surface area contributed by atoms with Crippen molar-refractivity contribution < 1.29 is 9.18 Å². The lowest BCUT2D eigenvalue weighted by atomic mass is 10.1. The Kier molecular flexibility index (Phi) is 5.15. The summed E-state index contributed by atoms with van der Waals surface area (Å²) in [6.07, 6.45) is 1.85. The van der Waals surface area contributed by atoms with E-state index in [1.54, 1.807) is 12.1 Å². The molecule has 6 nitrogen and oxygen atoms in total. The standard InChI is InChI=1S/C17H19ClFN5O/c1-24-8-2-3-13(24)17(25)21-9-12-16(20)23-14(15(18)22-12)10-4-6-11(19)7-5-10/h4-7,13H,2-3,8-9H2,1H3,(H2,20,23)(H,21,25)/t13-/m0/s1. The number of aromatic nitrogens is 2. The molecule has 1 fully saturated rings. The first-order chi connectivity index (χ1) is 12.0. The monoisotopic (exact) mass is 363 g/mol. The molecule has 0 spiro atoms. The fourth-order valence-electron chi connectivity index (χ4n) is 2.91. The Hall–Kier alpha value is -2.25. The average Bonchev–Trinajstić information content (AvgIpc) is 3.02. The van der Waals surface area contributed by atoms with Crippen molar-refractivity contribution in [2.75, 3.05) is 19.3 Å². The molecule has 8 heteroatoms. The van der Waals surface area contributed by atoms with Crippen LogP contribution in [0.4, 0.5) is 10.2 Å². The van der Waals surface area contributed by atoms with E-state index >= 15 is 0 Å². The number of rotatable bonds is 4. The Morgan fingerprint density at radius 2 is 2.12 bits per heavy atom. The number of benzene rings is 1. The van der Waals surface area contributed by atoms with Gasteiger partial charge < -0.3 is 11.1 Å². The second-order valence-corrected chi connectivity index (χ2v) is 6.42. The summed E-state index contributed by atoms with van der Waals surface area (Å²) in [6.45, 7) is 1.07. The number of halogens is 2. The van der Waals surface area contributed by atoms with E-state index in [9.17, 15) is 9.18 Å². The molecule has 1 aromatic carbocycles. The van der Waals surface area contributed by atoms with Crippen LogP contribution in [0.2, 0.25) is 5.15 Å². The molecule has 2 aromatic rings. The number of amides is 1. The first-order valence-corrected chi connectivity index (χ1v) is 8.39. The van der Waals surface area contributed by atoms with Gasteiger partial charge in [0.25, 0.3) is 0 Å². The van der Waals surface area contributed by atoms with Crippen LogP contribution in [0.3, 0.4) is 0 Å². The van der Waals surface area contributed by atoms with E-state index in [0.717, 1.165) is 19.4 Å². The Morgan fingerprint density at radius 3 is 2.76 bits per heavy atom. The molecule has 2 heterocycles. The maximum atomic E-state index is 13.0. The minimum absolute atomic E-state index is 0.0556. The molecule has 0 unspecified atom stereocenters. The van der Waals surface area contributed by atoms with Crippen molar-refractivity contribution in [2.45, 2.75) is 25.4 Å². The van der Waals surface area contributed by atoms with Gasteiger partial charge in [-0.15, -0.1) is 0 Å². The van der Waals surface area contributed by atoms with Crippen LogP contribution < -0.4 is 11.1 Å². The molecular weight excluding hydrogens is 345 g/mol. The lowest BCUT2D eigenvalue weighted by Crippen LogP contribution is -2.41. The quantitative estimate of drug-likeness (QED) is 0.870.